The summed E-state index contributed by atoms with van der Waals surface area (Å²) in [7, 11) is -4.21. The Morgan fingerprint density at radius 3 is 2.65 bits per heavy atom. The lowest BCUT2D eigenvalue weighted by molar-refractivity contribution is -0.114. The Hall–Kier alpha value is -2.72. The van der Waals surface area contributed by atoms with Crippen LogP contribution < -0.4 is 10.5 Å². The minimum atomic E-state index is -4.21. The average Bonchev–Trinajstić information content (AvgIpc) is 3.12. The molecule has 4 rings (SSSR count). The summed E-state index contributed by atoms with van der Waals surface area (Å²) in [6.07, 6.45) is 4.39. The molecule has 1 atom stereocenters. The molecule has 1 aliphatic heterocycles. The molecule has 10 heteroatoms. The van der Waals surface area contributed by atoms with E-state index in [2.05, 4.69) is 10.4 Å². The monoisotopic (exact) mass is 460 g/mol. The van der Waals surface area contributed by atoms with Crippen LogP contribution in [0.4, 0.5) is 5.69 Å². The number of amides is 1. The maximum atomic E-state index is 12.8. The minimum absolute atomic E-state index is 0.103. The van der Waals surface area contributed by atoms with Gasteiger partial charge in [-0.05, 0) is 18.6 Å². The van der Waals surface area contributed by atoms with Crippen LogP contribution in [0.25, 0.3) is 22.3 Å². The summed E-state index contributed by atoms with van der Waals surface area (Å²) >= 11 is 6.39. The number of carbonyl (C=O) groups is 1. The lowest BCUT2D eigenvalue weighted by Gasteiger charge is -2.26. The van der Waals surface area contributed by atoms with Gasteiger partial charge in [0.15, 0.2) is 0 Å². The second-order valence-electron chi connectivity index (χ2n) is 7.30. The first-order valence-corrected chi connectivity index (χ1v) is 11.5. The molecule has 2 heterocycles. The highest BCUT2D eigenvalue weighted by Crippen LogP contribution is 2.42. The van der Waals surface area contributed by atoms with Crippen molar-refractivity contribution in [2.75, 3.05) is 11.9 Å². The Labute approximate surface area is 185 Å². The Kier molecular flexibility index (Phi) is 5.85. The van der Waals surface area contributed by atoms with E-state index in [0.717, 1.165) is 13.0 Å². The van der Waals surface area contributed by atoms with Crippen LogP contribution >= 0.6 is 11.6 Å². The van der Waals surface area contributed by atoms with Crippen LogP contribution in [0, 0.1) is 0 Å². The highest BCUT2D eigenvalue weighted by atomic mass is 35.5. The number of aromatic nitrogens is 2. The molecule has 2 aromatic carbocycles. The molecule has 3 N–H and O–H groups in total. The van der Waals surface area contributed by atoms with E-state index in [1.165, 1.54) is 6.92 Å². The molecule has 1 aliphatic rings. The second-order valence-corrected chi connectivity index (χ2v) is 9.21. The number of hydrogen-bond acceptors (Lipinski definition) is 5. The van der Waals surface area contributed by atoms with Gasteiger partial charge >= 0.3 is 0 Å². The number of nitrogens with one attached hydrogen (secondary N) is 1. The van der Waals surface area contributed by atoms with E-state index in [4.69, 9.17) is 21.5 Å². The molecule has 8 nitrogen and oxygen atoms in total. The SMILES string of the molecule is CC(=O)Nc1ccc(-c2cnn(CC3CCO3)c2)c(S(N)(=O)=O)c1-c1ccccc1Cl. The maximum Gasteiger partial charge on any atom is 0.239 e. The van der Waals surface area contributed by atoms with Crippen LogP contribution in [0.1, 0.15) is 13.3 Å². The van der Waals surface area contributed by atoms with Crippen molar-refractivity contribution in [3.8, 4) is 22.3 Å². The summed E-state index contributed by atoms with van der Waals surface area (Å²) in [5.41, 5.74) is 1.91. The van der Waals surface area contributed by atoms with Gasteiger partial charge in [0.2, 0.25) is 15.9 Å². The van der Waals surface area contributed by atoms with Crippen LogP contribution in [0.2, 0.25) is 5.02 Å². The molecule has 0 saturated carbocycles. The van der Waals surface area contributed by atoms with Crippen molar-refractivity contribution >= 4 is 33.2 Å². The number of primary sulfonamides is 1. The number of nitrogens with zero attached hydrogens (tertiary/aromatic N) is 2. The molecule has 0 aliphatic carbocycles. The Morgan fingerprint density at radius 2 is 2.03 bits per heavy atom. The number of carbonyl (C=O) groups excluding carboxylic acids is 1. The minimum Gasteiger partial charge on any atom is -0.376 e. The number of hydrogen-bond donors (Lipinski definition) is 2. The van der Waals surface area contributed by atoms with Gasteiger partial charge in [-0.3, -0.25) is 9.48 Å². The maximum absolute atomic E-state index is 12.8. The molecule has 1 amide bonds. The van der Waals surface area contributed by atoms with Gasteiger partial charge in [0.1, 0.15) is 0 Å². The fourth-order valence-electron chi connectivity index (χ4n) is 3.57. The van der Waals surface area contributed by atoms with Crippen LogP contribution in [-0.4, -0.2) is 36.8 Å². The van der Waals surface area contributed by atoms with Crippen molar-refractivity contribution in [3.63, 3.8) is 0 Å². The Morgan fingerprint density at radius 1 is 1.29 bits per heavy atom. The average molecular weight is 461 g/mol. The van der Waals surface area contributed by atoms with Crippen molar-refractivity contribution < 1.29 is 17.9 Å². The van der Waals surface area contributed by atoms with E-state index in [0.29, 0.717) is 33.9 Å². The molecule has 0 spiro atoms. The molecule has 1 saturated heterocycles. The first-order chi connectivity index (χ1) is 14.7. The van der Waals surface area contributed by atoms with E-state index in [-0.39, 0.29) is 22.5 Å². The van der Waals surface area contributed by atoms with Gasteiger partial charge < -0.3 is 10.1 Å². The molecule has 1 unspecified atom stereocenters. The zero-order valence-electron chi connectivity index (χ0n) is 16.7. The van der Waals surface area contributed by atoms with Gasteiger partial charge in [0.05, 0.1) is 29.4 Å². The largest absolute Gasteiger partial charge is 0.376 e. The second kappa shape index (κ2) is 8.43. The predicted molar refractivity (Wildman–Crippen MR) is 118 cm³/mol. The number of anilines is 1. The number of rotatable bonds is 6. The number of benzene rings is 2. The molecule has 1 fully saturated rings. The highest BCUT2D eigenvalue weighted by molar-refractivity contribution is 7.89. The normalized spacial score (nSPS) is 16.0. The lowest BCUT2D eigenvalue weighted by atomic mass is 9.98. The first-order valence-electron chi connectivity index (χ1n) is 9.61. The van der Waals surface area contributed by atoms with E-state index in [1.54, 1.807) is 53.5 Å². The van der Waals surface area contributed by atoms with Gasteiger partial charge in [-0.2, -0.15) is 5.10 Å². The quantitative estimate of drug-likeness (QED) is 0.585. The summed E-state index contributed by atoms with van der Waals surface area (Å²) < 4.78 is 32.7. The van der Waals surface area contributed by atoms with Crippen LogP contribution in [0.15, 0.2) is 53.7 Å². The van der Waals surface area contributed by atoms with E-state index < -0.39 is 10.0 Å². The standard InChI is InChI=1S/C21H21ClN4O4S/c1-13(27)25-19-7-6-16(14-10-24-26(11-14)12-15-8-9-30-15)21(31(23,28)29)20(19)17-4-2-3-5-18(17)22/h2-7,10-11,15H,8-9,12H2,1H3,(H,25,27)(H2,23,28,29). The van der Waals surface area contributed by atoms with E-state index in [9.17, 15) is 13.2 Å². The third-order valence-electron chi connectivity index (χ3n) is 5.02. The smallest absolute Gasteiger partial charge is 0.239 e. The molecule has 0 radical (unpaired) electrons. The highest BCUT2D eigenvalue weighted by Gasteiger charge is 2.27. The summed E-state index contributed by atoms with van der Waals surface area (Å²) in [6.45, 7) is 2.65. The van der Waals surface area contributed by atoms with Gasteiger partial charge in [-0.15, -0.1) is 0 Å². The molecular weight excluding hydrogens is 440 g/mol. The molecule has 31 heavy (non-hydrogen) atoms. The zero-order chi connectivity index (χ0) is 22.2. The molecule has 3 aromatic rings. The van der Waals surface area contributed by atoms with Gasteiger partial charge in [0.25, 0.3) is 0 Å². The predicted octanol–water partition coefficient (Wildman–Crippen LogP) is 3.27. The summed E-state index contributed by atoms with van der Waals surface area (Å²) in [5.74, 6) is -0.352. The van der Waals surface area contributed by atoms with Crippen molar-refractivity contribution in [2.24, 2.45) is 5.14 Å². The zero-order valence-corrected chi connectivity index (χ0v) is 18.3. The van der Waals surface area contributed by atoms with Gasteiger partial charge in [0, 0.05) is 47.0 Å². The number of sulfonamides is 1. The molecule has 0 bridgehead atoms. The summed E-state index contributed by atoms with van der Waals surface area (Å²) in [4.78, 5) is 11.7. The first kappa shape index (κ1) is 21.5. The third kappa shape index (κ3) is 4.49. The number of nitrogens with two attached hydrogens (primary N) is 1. The Balaban J connectivity index is 1.93. The van der Waals surface area contributed by atoms with Crippen LogP contribution in [0.3, 0.4) is 0 Å². The molecular formula is C21H21ClN4O4S. The topological polar surface area (TPSA) is 116 Å². The third-order valence-corrected chi connectivity index (χ3v) is 6.35. The van der Waals surface area contributed by atoms with E-state index >= 15 is 0 Å². The van der Waals surface area contributed by atoms with Crippen molar-refractivity contribution in [3.05, 3.63) is 53.8 Å². The lowest BCUT2D eigenvalue weighted by Crippen LogP contribution is -2.31. The number of ether oxygens (including phenoxy) is 1. The van der Waals surface area contributed by atoms with Crippen LogP contribution in [0.5, 0.6) is 0 Å². The number of halogens is 1. The molecule has 1 aromatic heterocycles. The van der Waals surface area contributed by atoms with Crippen molar-refractivity contribution in [2.45, 2.75) is 30.9 Å². The summed E-state index contributed by atoms with van der Waals surface area (Å²) in [5, 5.41) is 13.0. The molecule has 162 valence electrons. The van der Waals surface area contributed by atoms with E-state index in [1.807, 2.05) is 0 Å². The Bertz CT molecular complexity index is 1250. The fraction of sp³-hybridized carbons (Fsp3) is 0.238. The summed E-state index contributed by atoms with van der Waals surface area (Å²) in [6, 6.07) is 10.0. The fourth-order valence-corrected chi connectivity index (χ4v) is 4.80. The van der Waals surface area contributed by atoms with Crippen molar-refractivity contribution in [1.82, 2.24) is 9.78 Å². The van der Waals surface area contributed by atoms with Gasteiger partial charge in [-0.1, -0.05) is 35.9 Å². The van der Waals surface area contributed by atoms with Gasteiger partial charge in [-0.25, -0.2) is 13.6 Å². The van der Waals surface area contributed by atoms with Crippen LogP contribution in [-0.2, 0) is 26.1 Å². The van der Waals surface area contributed by atoms with Crippen molar-refractivity contribution in [1.29, 1.82) is 0 Å².